The van der Waals surface area contributed by atoms with Crippen LogP contribution in [0, 0.1) is 0 Å². The first kappa shape index (κ1) is 15.7. The molecule has 23 heavy (non-hydrogen) atoms. The summed E-state index contributed by atoms with van der Waals surface area (Å²) < 4.78 is 32.0. The van der Waals surface area contributed by atoms with E-state index in [0.29, 0.717) is 6.42 Å². The molecule has 2 aromatic carbocycles. The number of ether oxygens (including phenoxy) is 1. The van der Waals surface area contributed by atoms with Crippen LogP contribution < -0.4 is 0 Å². The van der Waals surface area contributed by atoms with E-state index >= 15 is 0 Å². The van der Waals surface area contributed by atoms with Gasteiger partial charge in [0.1, 0.15) is 6.23 Å². The van der Waals surface area contributed by atoms with Crippen molar-refractivity contribution in [2.45, 2.75) is 30.6 Å². The van der Waals surface area contributed by atoms with Gasteiger partial charge in [-0.05, 0) is 17.7 Å². The summed E-state index contributed by atoms with van der Waals surface area (Å²) in [6, 6.07) is 17.4. The van der Waals surface area contributed by atoms with Gasteiger partial charge < -0.3 is 4.74 Å². The molecule has 0 saturated carbocycles. The number of sulfonamides is 1. The number of carbonyl (C=O) groups is 1. The molecule has 1 unspecified atom stereocenters. The molecule has 1 aliphatic heterocycles. The number of benzene rings is 2. The molecular weight excluding hydrogens is 314 g/mol. The number of amides is 1. The van der Waals surface area contributed by atoms with Crippen molar-refractivity contribution >= 4 is 15.9 Å². The predicted octanol–water partition coefficient (Wildman–Crippen LogP) is 2.54. The number of carbonyl (C=O) groups excluding carboxylic acids is 1. The van der Waals surface area contributed by atoms with Crippen LogP contribution in [-0.4, -0.2) is 24.9 Å². The zero-order chi connectivity index (χ0) is 16.3. The lowest BCUT2D eigenvalue weighted by Crippen LogP contribution is -2.39. The van der Waals surface area contributed by atoms with Gasteiger partial charge in [-0.15, -0.1) is 0 Å². The molecule has 1 aliphatic rings. The van der Waals surface area contributed by atoms with E-state index in [1.54, 1.807) is 18.2 Å². The Morgan fingerprint density at radius 3 is 2.26 bits per heavy atom. The highest BCUT2D eigenvalue weighted by molar-refractivity contribution is 7.89. The van der Waals surface area contributed by atoms with E-state index in [9.17, 15) is 13.2 Å². The first-order valence-corrected chi connectivity index (χ1v) is 8.81. The van der Waals surface area contributed by atoms with Crippen LogP contribution in [-0.2, 0) is 26.2 Å². The Morgan fingerprint density at radius 1 is 1.00 bits per heavy atom. The largest absolute Gasteiger partial charge is 0.352 e. The molecule has 0 N–H and O–H groups in total. The van der Waals surface area contributed by atoms with Gasteiger partial charge in [-0.2, -0.15) is 0 Å². The molecule has 0 spiro atoms. The lowest BCUT2D eigenvalue weighted by Gasteiger charge is -2.24. The first-order valence-electron chi connectivity index (χ1n) is 7.37. The van der Waals surface area contributed by atoms with Crippen LogP contribution in [0.4, 0.5) is 0 Å². The van der Waals surface area contributed by atoms with Gasteiger partial charge in [0.25, 0.3) is 10.0 Å². The van der Waals surface area contributed by atoms with E-state index in [0.717, 1.165) is 9.87 Å². The second-order valence-electron chi connectivity index (χ2n) is 5.30. The van der Waals surface area contributed by atoms with Crippen LogP contribution in [0.25, 0.3) is 0 Å². The SMILES string of the molecule is O=C1CCC(OCc2ccccc2)N1S(=O)(=O)c1ccccc1. The van der Waals surface area contributed by atoms with E-state index in [-0.39, 0.29) is 17.9 Å². The first-order chi connectivity index (χ1) is 11.1. The Labute approximate surface area is 135 Å². The third-order valence-corrected chi connectivity index (χ3v) is 5.52. The summed E-state index contributed by atoms with van der Waals surface area (Å²) in [5.74, 6) is -0.424. The maximum Gasteiger partial charge on any atom is 0.268 e. The topological polar surface area (TPSA) is 63.7 Å². The van der Waals surface area contributed by atoms with Crippen LogP contribution in [0.3, 0.4) is 0 Å². The molecule has 1 amide bonds. The van der Waals surface area contributed by atoms with E-state index in [1.165, 1.54) is 12.1 Å². The van der Waals surface area contributed by atoms with Gasteiger partial charge in [0.2, 0.25) is 5.91 Å². The Balaban J connectivity index is 1.80. The third kappa shape index (κ3) is 3.28. The van der Waals surface area contributed by atoms with E-state index in [1.807, 2.05) is 30.3 Å². The molecule has 0 aromatic heterocycles. The average Bonchev–Trinajstić information content (AvgIpc) is 2.96. The van der Waals surface area contributed by atoms with E-state index < -0.39 is 22.2 Å². The monoisotopic (exact) mass is 331 g/mol. The van der Waals surface area contributed by atoms with Gasteiger partial charge in [0.05, 0.1) is 11.5 Å². The lowest BCUT2D eigenvalue weighted by molar-refractivity contribution is -0.128. The fourth-order valence-corrected chi connectivity index (χ4v) is 4.11. The van der Waals surface area contributed by atoms with Gasteiger partial charge in [0.15, 0.2) is 0 Å². The Bertz CT molecular complexity index is 775. The molecule has 6 heteroatoms. The highest BCUT2D eigenvalue weighted by Crippen LogP contribution is 2.28. The number of hydrogen-bond donors (Lipinski definition) is 0. The minimum atomic E-state index is -3.88. The van der Waals surface area contributed by atoms with Crippen LogP contribution >= 0.6 is 0 Å². The van der Waals surface area contributed by atoms with Gasteiger partial charge in [-0.25, -0.2) is 12.7 Å². The summed E-state index contributed by atoms with van der Waals surface area (Å²) in [6.45, 7) is 0.263. The molecule has 3 rings (SSSR count). The van der Waals surface area contributed by atoms with Crippen molar-refractivity contribution in [1.82, 2.24) is 4.31 Å². The van der Waals surface area contributed by atoms with Gasteiger partial charge in [-0.1, -0.05) is 48.5 Å². The summed E-state index contributed by atoms with van der Waals surface area (Å²) in [5, 5.41) is 0. The normalized spacial score (nSPS) is 18.3. The molecule has 0 bridgehead atoms. The molecule has 0 aliphatic carbocycles. The summed E-state index contributed by atoms with van der Waals surface area (Å²) in [7, 11) is -3.88. The maximum absolute atomic E-state index is 12.7. The molecule has 1 heterocycles. The van der Waals surface area contributed by atoms with Gasteiger partial charge >= 0.3 is 0 Å². The van der Waals surface area contributed by atoms with Crippen LogP contribution in [0.5, 0.6) is 0 Å². The Hall–Kier alpha value is -2.18. The smallest absolute Gasteiger partial charge is 0.268 e. The van der Waals surface area contributed by atoms with Crippen LogP contribution in [0.2, 0.25) is 0 Å². The van der Waals surface area contributed by atoms with Crippen molar-refractivity contribution in [3.8, 4) is 0 Å². The Morgan fingerprint density at radius 2 is 1.61 bits per heavy atom. The fourth-order valence-electron chi connectivity index (χ4n) is 2.55. The van der Waals surface area contributed by atoms with Crippen LogP contribution in [0.15, 0.2) is 65.6 Å². The van der Waals surface area contributed by atoms with Crippen molar-refractivity contribution < 1.29 is 17.9 Å². The van der Waals surface area contributed by atoms with Gasteiger partial charge in [-0.3, -0.25) is 4.79 Å². The number of hydrogen-bond acceptors (Lipinski definition) is 4. The summed E-state index contributed by atoms with van der Waals surface area (Å²) in [5.41, 5.74) is 0.934. The van der Waals surface area contributed by atoms with Gasteiger partial charge in [0, 0.05) is 12.8 Å². The second kappa shape index (κ2) is 6.52. The maximum atomic E-state index is 12.7. The molecule has 1 saturated heterocycles. The number of nitrogens with zero attached hydrogens (tertiary/aromatic N) is 1. The van der Waals surface area contributed by atoms with Crippen molar-refractivity contribution in [2.75, 3.05) is 0 Å². The fraction of sp³-hybridized carbons (Fsp3) is 0.235. The molecule has 2 aromatic rings. The zero-order valence-electron chi connectivity index (χ0n) is 12.5. The van der Waals surface area contributed by atoms with Crippen molar-refractivity contribution in [2.24, 2.45) is 0 Å². The predicted molar refractivity (Wildman–Crippen MR) is 84.7 cm³/mol. The zero-order valence-corrected chi connectivity index (χ0v) is 13.3. The molecular formula is C17H17NO4S. The quantitative estimate of drug-likeness (QED) is 0.844. The summed E-state index contributed by atoms with van der Waals surface area (Å²) >= 11 is 0. The average molecular weight is 331 g/mol. The van der Waals surface area contributed by atoms with Crippen molar-refractivity contribution in [3.05, 3.63) is 66.2 Å². The highest BCUT2D eigenvalue weighted by Gasteiger charge is 2.41. The molecule has 120 valence electrons. The third-order valence-electron chi connectivity index (χ3n) is 3.70. The Kier molecular flexibility index (Phi) is 4.45. The summed E-state index contributed by atoms with van der Waals surface area (Å²) in [6.07, 6.45) is -0.212. The minimum absolute atomic E-state index is 0.101. The molecule has 1 fully saturated rings. The summed E-state index contributed by atoms with van der Waals surface area (Å²) in [4.78, 5) is 12.2. The standard InChI is InChI=1S/C17H17NO4S/c19-16-11-12-17(22-13-14-7-3-1-4-8-14)18(16)23(20,21)15-9-5-2-6-10-15/h1-10,17H,11-13H2. The molecule has 5 nitrogen and oxygen atoms in total. The highest BCUT2D eigenvalue weighted by atomic mass is 32.2. The van der Waals surface area contributed by atoms with E-state index in [4.69, 9.17) is 4.74 Å². The molecule has 0 radical (unpaired) electrons. The van der Waals surface area contributed by atoms with E-state index in [2.05, 4.69) is 0 Å². The minimum Gasteiger partial charge on any atom is -0.352 e. The lowest BCUT2D eigenvalue weighted by atomic mass is 10.2. The number of rotatable bonds is 5. The van der Waals surface area contributed by atoms with Crippen molar-refractivity contribution in [3.63, 3.8) is 0 Å². The molecule has 1 atom stereocenters. The van der Waals surface area contributed by atoms with Crippen LogP contribution in [0.1, 0.15) is 18.4 Å². The second-order valence-corrected chi connectivity index (χ2v) is 7.11. The van der Waals surface area contributed by atoms with Crippen molar-refractivity contribution in [1.29, 1.82) is 0 Å².